The molecule has 2 heterocycles. The monoisotopic (exact) mass is 628 g/mol. The van der Waals surface area contributed by atoms with Crippen molar-refractivity contribution in [2.75, 3.05) is 0 Å². The topological polar surface area (TPSA) is 68.8 Å². The number of fused-ring (bicyclic) bond motifs is 2. The summed E-state index contributed by atoms with van der Waals surface area (Å²) in [6.07, 6.45) is 6.74. The molecule has 2 aromatic carbocycles. The Hall–Kier alpha value is -2.96. The van der Waals surface area contributed by atoms with Crippen LogP contribution in [0, 0.1) is 0 Å². The minimum absolute atomic E-state index is 0.00964. The number of rotatable bonds is 11. The zero-order chi connectivity index (χ0) is 33.1. The van der Waals surface area contributed by atoms with Crippen molar-refractivity contribution in [1.82, 2.24) is 10.6 Å². The van der Waals surface area contributed by atoms with Gasteiger partial charge in [-0.05, 0) is 122 Å². The highest BCUT2D eigenvalue weighted by molar-refractivity contribution is 5.80. The average molecular weight is 629 g/mol. The third-order valence-corrected chi connectivity index (χ3v) is 9.78. The number of benzene rings is 2. The van der Waals surface area contributed by atoms with Crippen LogP contribution in [0.5, 0.6) is 11.5 Å². The molecule has 4 aromatic rings. The zero-order valence-corrected chi connectivity index (χ0v) is 29.8. The predicted molar refractivity (Wildman–Crippen MR) is 188 cm³/mol. The van der Waals surface area contributed by atoms with E-state index in [-0.39, 0.29) is 34.1 Å². The van der Waals surface area contributed by atoms with Gasteiger partial charge in [0.15, 0.2) is 0 Å². The summed E-state index contributed by atoms with van der Waals surface area (Å²) in [7, 11) is 0. The lowest BCUT2D eigenvalue weighted by Crippen LogP contribution is -2.54. The van der Waals surface area contributed by atoms with E-state index in [2.05, 4.69) is 110 Å². The number of hydrogen-bond donors (Lipinski definition) is 2. The van der Waals surface area contributed by atoms with Crippen LogP contribution in [0.3, 0.4) is 0 Å². The maximum Gasteiger partial charge on any atom is 0.134 e. The van der Waals surface area contributed by atoms with Gasteiger partial charge in [-0.25, -0.2) is 0 Å². The molecule has 2 aliphatic carbocycles. The molecule has 6 nitrogen and oxygen atoms in total. The highest BCUT2D eigenvalue weighted by Crippen LogP contribution is 2.38. The molecule has 2 N–H and O–H groups in total. The number of furan rings is 2. The van der Waals surface area contributed by atoms with Crippen molar-refractivity contribution in [3.63, 3.8) is 0 Å². The van der Waals surface area contributed by atoms with Crippen molar-refractivity contribution in [3.8, 4) is 11.5 Å². The lowest BCUT2D eigenvalue weighted by atomic mass is 9.79. The molecular weight excluding hydrogens is 572 g/mol. The summed E-state index contributed by atoms with van der Waals surface area (Å²) in [6.45, 7) is 22.4. The summed E-state index contributed by atoms with van der Waals surface area (Å²) < 4.78 is 25.1. The normalized spacial score (nSPS) is 22.6. The van der Waals surface area contributed by atoms with Gasteiger partial charge in [0.1, 0.15) is 46.4 Å². The van der Waals surface area contributed by atoms with Gasteiger partial charge in [-0.2, -0.15) is 0 Å². The van der Waals surface area contributed by atoms with E-state index >= 15 is 0 Å². The second-order valence-corrected chi connectivity index (χ2v) is 17.5. The summed E-state index contributed by atoms with van der Waals surface area (Å²) in [6, 6.07) is 17.8. The van der Waals surface area contributed by atoms with Crippen LogP contribution in [-0.4, -0.2) is 35.4 Å². The van der Waals surface area contributed by atoms with Gasteiger partial charge >= 0.3 is 0 Å². The van der Waals surface area contributed by atoms with Gasteiger partial charge in [0, 0.05) is 44.8 Å². The molecule has 0 atom stereocenters. The van der Waals surface area contributed by atoms with Gasteiger partial charge in [-0.3, -0.25) is 0 Å². The maximum atomic E-state index is 6.39. The van der Waals surface area contributed by atoms with Crippen LogP contribution in [0.15, 0.2) is 57.4 Å². The van der Waals surface area contributed by atoms with Gasteiger partial charge in [-0.1, -0.05) is 34.6 Å². The van der Waals surface area contributed by atoms with Gasteiger partial charge in [-0.15, -0.1) is 0 Å². The van der Waals surface area contributed by atoms with Crippen LogP contribution >= 0.6 is 0 Å². The molecule has 0 spiro atoms. The third kappa shape index (κ3) is 7.77. The first kappa shape index (κ1) is 33.0. The fraction of sp³-hybridized carbons (Fsp3) is 0.600. The SMILES string of the molecule is CC(C)(C)N[C@H]1C[C@H](Oc2ccc3oc(C(C)(C)CCC(C)(C)N[C@H]4C[C@@H](Oc5ccc6oc(C(C)(C)C)cc6c5)C4)cc3c2)C1. The smallest absolute Gasteiger partial charge is 0.134 e. The number of nitrogens with one attached hydrogen (secondary N) is 2. The minimum atomic E-state index is -0.0807. The Balaban J connectivity index is 0.971. The van der Waals surface area contributed by atoms with E-state index in [4.69, 9.17) is 18.3 Å². The second kappa shape index (κ2) is 11.9. The zero-order valence-electron chi connectivity index (χ0n) is 29.8. The Morgan fingerprint density at radius 2 is 1.09 bits per heavy atom. The first-order valence-corrected chi connectivity index (χ1v) is 17.4. The van der Waals surface area contributed by atoms with E-state index < -0.39 is 0 Å². The van der Waals surface area contributed by atoms with Crippen LogP contribution in [0.25, 0.3) is 21.9 Å². The molecule has 6 heteroatoms. The van der Waals surface area contributed by atoms with E-state index in [1.54, 1.807) is 0 Å². The van der Waals surface area contributed by atoms with Crippen molar-refractivity contribution in [3.05, 3.63) is 60.1 Å². The lowest BCUT2D eigenvalue weighted by molar-refractivity contribution is 0.0689. The summed E-state index contributed by atoms with van der Waals surface area (Å²) in [5.41, 5.74) is 1.91. The predicted octanol–water partition coefficient (Wildman–Crippen LogP) is 9.81. The van der Waals surface area contributed by atoms with Crippen molar-refractivity contribution < 1.29 is 18.3 Å². The van der Waals surface area contributed by atoms with Crippen LogP contribution < -0.4 is 20.1 Å². The molecule has 0 bridgehead atoms. The Kier molecular flexibility index (Phi) is 8.55. The number of hydrogen-bond acceptors (Lipinski definition) is 6. The highest BCUT2D eigenvalue weighted by Gasteiger charge is 2.36. The van der Waals surface area contributed by atoms with Gasteiger partial charge < -0.3 is 28.9 Å². The summed E-state index contributed by atoms with van der Waals surface area (Å²) in [4.78, 5) is 0. The molecule has 250 valence electrons. The van der Waals surface area contributed by atoms with Crippen molar-refractivity contribution in [2.24, 2.45) is 0 Å². The fourth-order valence-corrected chi connectivity index (χ4v) is 6.82. The van der Waals surface area contributed by atoms with E-state index in [1.165, 1.54) is 0 Å². The fourth-order valence-electron chi connectivity index (χ4n) is 6.82. The molecule has 0 saturated heterocycles. The van der Waals surface area contributed by atoms with Gasteiger partial charge in [0.2, 0.25) is 0 Å². The van der Waals surface area contributed by atoms with Gasteiger partial charge in [0.05, 0.1) is 0 Å². The Morgan fingerprint density at radius 3 is 1.59 bits per heavy atom. The Bertz CT molecular complexity index is 1650. The first-order chi connectivity index (χ1) is 21.4. The van der Waals surface area contributed by atoms with E-state index in [9.17, 15) is 0 Å². The Labute approximate surface area is 276 Å². The lowest BCUT2D eigenvalue weighted by Gasteiger charge is -2.42. The first-order valence-electron chi connectivity index (χ1n) is 17.4. The summed E-state index contributed by atoms with van der Waals surface area (Å²) in [5, 5.41) is 9.81. The van der Waals surface area contributed by atoms with Crippen LogP contribution in [0.2, 0.25) is 0 Å². The van der Waals surface area contributed by atoms with Gasteiger partial charge in [0.25, 0.3) is 0 Å². The molecule has 2 fully saturated rings. The van der Waals surface area contributed by atoms with Crippen LogP contribution in [-0.2, 0) is 10.8 Å². The van der Waals surface area contributed by atoms with Crippen LogP contribution in [0.4, 0.5) is 0 Å². The maximum absolute atomic E-state index is 6.39. The molecule has 0 unspecified atom stereocenters. The second-order valence-electron chi connectivity index (χ2n) is 17.5. The summed E-state index contributed by atoms with van der Waals surface area (Å²) in [5.74, 6) is 3.90. The average Bonchev–Trinajstić information content (AvgIpc) is 3.53. The van der Waals surface area contributed by atoms with E-state index in [1.807, 2.05) is 18.2 Å². The highest BCUT2D eigenvalue weighted by atomic mass is 16.5. The van der Waals surface area contributed by atoms with Crippen molar-refractivity contribution in [1.29, 1.82) is 0 Å². The minimum Gasteiger partial charge on any atom is -0.490 e. The van der Waals surface area contributed by atoms with Crippen molar-refractivity contribution >= 4 is 21.9 Å². The molecule has 6 rings (SSSR count). The largest absolute Gasteiger partial charge is 0.490 e. The molecule has 2 aliphatic rings. The quantitative estimate of drug-likeness (QED) is 0.172. The number of ether oxygens (including phenoxy) is 2. The van der Waals surface area contributed by atoms with Crippen LogP contribution in [0.1, 0.15) is 119 Å². The summed E-state index contributed by atoms with van der Waals surface area (Å²) >= 11 is 0. The molecule has 2 saturated carbocycles. The van der Waals surface area contributed by atoms with E-state index in [0.717, 1.165) is 83.5 Å². The third-order valence-electron chi connectivity index (χ3n) is 9.78. The molecule has 46 heavy (non-hydrogen) atoms. The standard InChI is InChI=1S/C40H56N2O4/c1-37(2,3)35-19-25-17-29(11-13-33(25)45-35)44-32-23-28(24-32)42-40(9,10)16-15-39(7,8)36-20-26-18-30(12-14-34(26)46-36)43-31-21-27(22-31)41-38(4,5)6/h11-14,17-20,27-28,31-32,41-42H,15-16,21-24H2,1-10H3/t27-,28-,31-,32+. The molecule has 0 amide bonds. The molecule has 2 aromatic heterocycles. The van der Waals surface area contributed by atoms with Crippen molar-refractivity contribution in [2.45, 2.75) is 154 Å². The Morgan fingerprint density at radius 1 is 0.609 bits per heavy atom. The molecule has 0 aliphatic heterocycles. The van der Waals surface area contributed by atoms with E-state index in [0.29, 0.717) is 12.1 Å². The molecular formula is C40H56N2O4. The molecule has 0 radical (unpaired) electrons.